The van der Waals surface area contributed by atoms with Crippen LogP contribution in [-0.4, -0.2) is 36.2 Å². The number of phenolic OH excluding ortho intramolecular Hbond substituents is 1. The van der Waals surface area contributed by atoms with Crippen LogP contribution < -0.4 is 5.32 Å². The Morgan fingerprint density at radius 1 is 1.25 bits per heavy atom. The summed E-state index contributed by atoms with van der Waals surface area (Å²) in [6.07, 6.45) is 0. The second-order valence-electron chi connectivity index (χ2n) is 5.05. The van der Waals surface area contributed by atoms with Crippen LogP contribution in [0.3, 0.4) is 0 Å². The number of nitriles is 1. The van der Waals surface area contributed by atoms with Gasteiger partial charge in [0.05, 0.1) is 6.07 Å². The van der Waals surface area contributed by atoms with Crippen LogP contribution >= 0.6 is 0 Å². The molecule has 1 aromatic carbocycles. The first kappa shape index (κ1) is 16.5. The van der Waals surface area contributed by atoms with Crippen molar-refractivity contribution in [2.45, 2.75) is 33.7 Å². The quantitative estimate of drug-likeness (QED) is 0.802. The van der Waals surface area contributed by atoms with Gasteiger partial charge in [0.1, 0.15) is 11.8 Å². The average molecular weight is 275 g/mol. The van der Waals surface area contributed by atoms with E-state index in [4.69, 9.17) is 0 Å². The minimum atomic E-state index is -0.330. The molecule has 1 unspecified atom stereocenters. The van der Waals surface area contributed by atoms with Gasteiger partial charge in [-0.25, -0.2) is 0 Å². The van der Waals surface area contributed by atoms with Crippen LogP contribution in [0.15, 0.2) is 12.1 Å². The molecule has 0 heterocycles. The molecule has 2 N–H and O–H groups in total. The Morgan fingerprint density at radius 3 is 2.25 bits per heavy atom. The van der Waals surface area contributed by atoms with Crippen LogP contribution in [0.25, 0.3) is 0 Å². The Hall–Kier alpha value is -1.57. The van der Waals surface area contributed by atoms with E-state index >= 15 is 0 Å². The molecule has 0 aliphatic heterocycles. The fraction of sp³-hybridized carbons (Fsp3) is 0.562. The Balaban J connectivity index is 2.70. The van der Waals surface area contributed by atoms with E-state index in [1.54, 1.807) is 0 Å². The summed E-state index contributed by atoms with van der Waals surface area (Å²) in [4.78, 5) is 2.31. The van der Waals surface area contributed by atoms with E-state index in [1.807, 2.05) is 26.0 Å². The van der Waals surface area contributed by atoms with E-state index in [1.165, 1.54) is 0 Å². The highest BCUT2D eigenvalue weighted by Crippen LogP contribution is 2.25. The monoisotopic (exact) mass is 275 g/mol. The van der Waals surface area contributed by atoms with Gasteiger partial charge in [-0.15, -0.1) is 0 Å². The summed E-state index contributed by atoms with van der Waals surface area (Å²) in [5, 5.41) is 22.4. The zero-order valence-electron chi connectivity index (χ0n) is 12.9. The third-order valence-corrected chi connectivity index (χ3v) is 3.65. The number of aromatic hydroxyl groups is 1. The predicted molar refractivity (Wildman–Crippen MR) is 81.7 cm³/mol. The van der Waals surface area contributed by atoms with E-state index in [9.17, 15) is 10.4 Å². The molecule has 20 heavy (non-hydrogen) atoms. The van der Waals surface area contributed by atoms with Gasteiger partial charge in [0, 0.05) is 13.1 Å². The largest absolute Gasteiger partial charge is 0.507 e. The first-order valence-corrected chi connectivity index (χ1v) is 7.18. The number of aryl methyl sites for hydroxylation is 2. The predicted octanol–water partition coefficient (Wildman–Crippen LogP) is 2.51. The van der Waals surface area contributed by atoms with Crippen LogP contribution in [0, 0.1) is 25.2 Å². The number of nitrogens with zero attached hydrogens (tertiary/aromatic N) is 2. The molecule has 0 fully saturated rings. The second-order valence-corrected chi connectivity index (χ2v) is 5.05. The van der Waals surface area contributed by atoms with Gasteiger partial charge in [0.25, 0.3) is 0 Å². The van der Waals surface area contributed by atoms with Gasteiger partial charge in [-0.05, 0) is 55.8 Å². The Bertz CT molecular complexity index is 452. The van der Waals surface area contributed by atoms with Crippen molar-refractivity contribution in [2.24, 2.45) is 0 Å². The smallest absolute Gasteiger partial charge is 0.121 e. The van der Waals surface area contributed by atoms with Crippen molar-refractivity contribution in [3.8, 4) is 11.8 Å². The molecule has 0 spiro atoms. The fourth-order valence-electron chi connectivity index (χ4n) is 2.30. The summed E-state index contributed by atoms with van der Waals surface area (Å²) in [5.74, 6) is 0.314. The highest BCUT2D eigenvalue weighted by molar-refractivity contribution is 5.44. The summed E-state index contributed by atoms with van der Waals surface area (Å²) in [6.45, 7) is 11.7. The zero-order chi connectivity index (χ0) is 15.1. The molecule has 1 atom stereocenters. The lowest BCUT2D eigenvalue weighted by atomic mass is 10.0. The number of hydrogen-bond donors (Lipinski definition) is 2. The van der Waals surface area contributed by atoms with Crippen LogP contribution in [0.4, 0.5) is 0 Å². The molecule has 1 rings (SSSR count). The van der Waals surface area contributed by atoms with Gasteiger partial charge in [-0.3, -0.25) is 5.32 Å². The number of phenols is 1. The number of rotatable bonds is 7. The third kappa shape index (κ3) is 4.22. The molecule has 0 bridgehead atoms. The molecular formula is C16H25N3O. The molecule has 0 amide bonds. The lowest BCUT2D eigenvalue weighted by Gasteiger charge is -2.20. The fourth-order valence-corrected chi connectivity index (χ4v) is 2.30. The van der Waals surface area contributed by atoms with Crippen molar-refractivity contribution in [3.05, 3.63) is 28.8 Å². The maximum absolute atomic E-state index is 9.79. The molecule has 1 aromatic rings. The van der Waals surface area contributed by atoms with Gasteiger partial charge < -0.3 is 10.0 Å². The van der Waals surface area contributed by atoms with E-state index < -0.39 is 0 Å². The van der Waals surface area contributed by atoms with Crippen molar-refractivity contribution in [1.29, 1.82) is 5.26 Å². The third-order valence-electron chi connectivity index (χ3n) is 3.65. The lowest BCUT2D eigenvalue weighted by molar-refractivity contribution is 0.300. The standard InChI is InChI=1S/C16H25N3O/c1-5-19(6-2)8-7-18-15(11-17)14-9-12(3)16(20)13(4)10-14/h9-10,15,18,20H,5-8H2,1-4H3. The molecule has 4 heteroatoms. The van der Waals surface area contributed by atoms with Crippen LogP contribution in [0.1, 0.15) is 36.6 Å². The molecular weight excluding hydrogens is 250 g/mol. The van der Waals surface area contributed by atoms with Crippen LogP contribution in [0.2, 0.25) is 0 Å². The second kappa shape index (κ2) is 7.88. The van der Waals surface area contributed by atoms with Crippen LogP contribution in [-0.2, 0) is 0 Å². The summed E-state index contributed by atoms with van der Waals surface area (Å²) < 4.78 is 0. The van der Waals surface area contributed by atoms with E-state index in [0.29, 0.717) is 5.75 Å². The summed E-state index contributed by atoms with van der Waals surface area (Å²) in [5.41, 5.74) is 2.54. The van der Waals surface area contributed by atoms with E-state index in [0.717, 1.165) is 42.9 Å². The molecule has 110 valence electrons. The highest BCUT2D eigenvalue weighted by atomic mass is 16.3. The van der Waals surface area contributed by atoms with Gasteiger partial charge >= 0.3 is 0 Å². The lowest BCUT2D eigenvalue weighted by Crippen LogP contribution is -2.33. The first-order valence-electron chi connectivity index (χ1n) is 7.18. The van der Waals surface area contributed by atoms with Crippen molar-refractivity contribution >= 4 is 0 Å². The molecule has 0 aliphatic carbocycles. The zero-order valence-corrected chi connectivity index (χ0v) is 12.9. The van der Waals surface area contributed by atoms with Crippen molar-refractivity contribution < 1.29 is 5.11 Å². The van der Waals surface area contributed by atoms with Crippen molar-refractivity contribution in [1.82, 2.24) is 10.2 Å². The molecule has 0 saturated carbocycles. The molecule has 0 saturated heterocycles. The first-order chi connectivity index (χ1) is 9.53. The van der Waals surface area contributed by atoms with E-state index in [-0.39, 0.29) is 6.04 Å². The SMILES string of the molecule is CCN(CC)CCNC(C#N)c1cc(C)c(O)c(C)c1. The Kier molecular flexibility index (Phi) is 6.50. The Labute approximate surface area is 122 Å². The minimum Gasteiger partial charge on any atom is -0.507 e. The average Bonchev–Trinajstić information content (AvgIpc) is 2.44. The minimum absolute atomic E-state index is 0.314. The Morgan fingerprint density at radius 2 is 1.80 bits per heavy atom. The molecule has 0 radical (unpaired) electrons. The maximum atomic E-state index is 9.79. The molecule has 0 aliphatic rings. The van der Waals surface area contributed by atoms with Crippen LogP contribution in [0.5, 0.6) is 5.75 Å². The van der Waals surface area contributed by atoms with Crippen molar-refractivity contribution in [2.75, 3.05) is 26.2 Å². The van der Waals surface area contributed by atoms with Gasteiger partial charge in [0.15, 0.2) is 0 Å². The molecule has 4 nitrogen and oxygen atoms in total. The van der Waals surface area contributed by atoms with E-state index in [2.05, 4.69) is 30.1 Å². The highest BCUT2D eigenvalue weighted by Gasteiger charge is 2.13. The van der Waals surface area contributed by atoms with Gasteiger partial charge in [-0.1, -0.05) is 13.8 Å². The summed E-state index contributed by atoms with van der Waals surface area (Å²) in [7, 11) is 0. The summed E-state index contributed by atoms with van der Waals surface area (Å²) >= 11 is 0. The van der Waals surface area contributed by atoms with Gasteiger partial charge in [-0.2, -0.15) is 5.26 Å². The van der Waals surface area contributed by atoms with Crippen molar-refractivity contribution in [3.63, 3.8) is 0 Å². The number of hydrogen-bond acceptors (Lipinski definition) is 4. The maximum Gasteiger partial charge on any atom is 0.121 e. The number of benzene rings is 1. The number of likely N-dealkylation sites (N-methyl/N-ethyl adjacent to an activating group) is 1. The topological polar surface area (TPSA) is 59.3 Å². The molecule has 0 aromatic heterocycles. The summed E-state index contributed by atoms with van der Waals surface area (Å²) in [6, 6.07) is 5.71. The number of nitrogens with one attached hydrogen (secondary N) is 1. The normalized spacial score (nSPS) is 12.4. The van der Waals surface area contributed by atoms with Gasteiger partial charge in [0.2, 0.25) is 0 Å².